The summed E-state index contributed by atoms with van der Waals surface area (Å²) in [4.78, 5) is 2.17. The van der Waals surface area contributed by atoms with Crippen molar-refractivity contribution in [2.45, 2.75) is 0 Å². The van der Waals surface area contributed by atoms with Gasteiger partial charge in [0.2, 0.25) is 0 Å². The van der Waals surface area contributed by atoms with Gasteiger partial charge < -0.3 is 4.90 Å². The lowest BCUT2D eigenvalue weighted by Gasteiger charge is -2.18. The highest BCUT2D eigenvalue weighted by Gasteiger charge is 2.02. The minimum atomic E-state index is 0.850. The summed E-state index contributed by atoms with van der Waals surface area (Å²) < 4.78 is 0. The third kappa shape index (κ3) is 2.24. The fourth-order valence-electron chi connectivity index (χ4n) is 0.956. The zero-order valence-electron chi connectivity index (χ0n) is 6.99. The van der Waals surface area contributed by atoms with Gasteiger partial charge in [0.05, 0.1) is 5.00 Å². The topological polar surface area (TPSA) is 3.24 Å². The van der Waals surface area contributed by atoms with E-state index in [4.69, 9.17) is 0 Å². The predicted molar refractivity (Wildman–Crippen MR) is 55.8 cm³/mol. The molecule has 1 radical (unpaired) electrons. The molecule has 0 amide bonds. The lowest BCUT2D eigenvalue weighted by molar-refractivity contribution is 0.970. The quantitative estimate of drug-likeness (QED) is 0.627. The molecule has 1 aromatic heterocycles. The lowest BCUT2D eigenvalue weighted by Crippen LogP contribution is -2.21. The number of anilines is 1. The lowest BCUT2D eigenvalue weighted by atomic mass is 10.4. The molecule has 0 saturated heterocycles. The third-order valence-corrected chi connectivity index (χ3v) is 2.31. The smallest absolute Gasteiger partial charge is 0.0995 e. The standard InChI is InChI=1S/C10H12NS/c1-3-7-11(8-4-2)10-6-5-9-12-10/h3-5,9H,1-2,7-8H2. The molecule has 0 aliphatic carbocycles. The van der Waals surface area contributed by atoms with Crippen LogP contribution in [0.1, 0.15) is 0 Å². The molecule has 1 heterocycles. The van der Waals surface area contributed by atoms with Gasteiger partial charge in [-0.3, -0.25) is 0 Å². The van der Waals surface area contributed by atoms with Crippen LogP contribution in [0, 0.1) is 6.07 Å². The zero-order chi connectivity index (χ0) is 8.81. The van der Waals surface area contributed by atoms with Crippen molar-refractivity contribution in [3.05, 3.63) is 42.8 Å². The fourth-order valence-corrected chi connectivity index (χ4v) is 1.65. The van der Waals surface area contributed by atoms with Crippen molar-refractivity contribution < 1.29 is 0 Å². The number of nitrogens with zero attached hydrogens (tertiary/aromatic N) is 1. The maximum Gasteiger partial charge on any atom is 0.0995 e. The first-order valence-electron chi connectivity index (χ1n) is 3.80. The van der Waals surface area contributed by atoms with Crippen LogP contribution < -0.4 is 4.90 Å². The van der Waals surface area contributed by atoms with Crippen molar-refractivity contribution in [2.75, 3.05) is 18.0 Å². The molecule has 0 spiro atoms. The van der Waals surface area contributed by atoms with E-state index < -0.39 is 0 Å². The van der Waals surface area contributed by atoms with Gasteiger partial charge in [0.1, 0.15) is 0 Å². The molecular weight excluding hydrogens is 166 g/mol. The average Bonchev–Trinajstić information content (AvgIpc) is 2.56. The minimum absolute atomic E-state index is 0.850. The van der Waals surface area contributed by atoms with E-state index in [0.717, 1.165) is 18.1 Å². The van der Waals surface area contributed by atoms with Gasteiger partial charge in [-0.25, -0.2) is 0 Å². The van der Waals surface area contributed by atoms with Crippen LogP contribution in [0.3, 0.4) is 0 Å². The second kappa shape index (κ2) is 4.78. The Kier molecular flexibility index (Phi) is 3.61. The largest absolute Gasteiger partial charge is 0.356 e. The Bertz CT molecular complexity index is 228. The monoisotopic (exact) mass is 178 g/mol. The van der Waals surface area contributed by atoms with Crippen molar-refractivity contribution in [1.82, 2.24) is 0 Å². The predicted octanol–water partition coefficient (Wildman–Crippen LogP) is 2.73. The number of hydrogen-bond acceptors (Lipinski definition) is 2. The molecule has 0 aliphatic rings. The molecule has 0 aliphatic heterocycles. The van der Waals surface area contributed by atoms with Crippen LogP contribution in [0.4, 0.5) is 5.00 Å². The highest BCUT2D eigenvalue weighted by molar-refractivity contribution is 7.14. The van der Waals surface area contributed by atoms with Crippen molar-refractivity contribution in [3.63, 3.8) is 0 Å². The Morgan fingerprint density at radius 2 is 2.08 bits per heavy atom. The normalized spacial score (nSPS) is 9.33. The summed E-state index contributed by atoms with van der Waals surface area (Å²) in [6.07, 6.45) is 3.77. The number of hydrogen-bond donors (Lipinski definition) is 0. The summed E-state index contributed by atoms with van der Waals surface area (Å²) in [7, 11) is 0. The van der Waals surface area contributed by atoms with Crippen LogP contribution in [0.25, 0.3) is 0 Å². The van der Waals surface area contributed by atoms with E-state index in [1.165, 1.54) is 0 Å². The van der Waals surface area contributed by atoms with Crippen molar-refractivity contribution in [2.24, 2.45) is 0 Å². The Hall–Kier alpha value is -1.02. The van der Waals surface area contributed by atoms with Crippen molar-refractivity contribution >= 4 is 16.3 Å². The van der Waals surface area contributed by atoms with Gasteiger partial charge in [-0.1, -0.05) is 12.2 Å². The molecule has 1 nitrogen and oxygen atoms in total. The molecular formula is C10H12NS. The maximum atomic E-state index is 3.71. The molecule has 0 bridgehead atoms. The average molecular weight is 178 g/mol. The first kappa shape index (κ1) is 9.07. The summed E-state index contributed by atoms with van der Waals surface area (Å²) >= 11 is 1.69. The van der Waals surface area contributed by atoms with Gasteiger partial charge in [-0.15, -0.1) is 24.5 Å². The minimum Gasteiger partial charge on any atom is -0.356 e. The zero-order valence-corrected chi connectivity index (χ0v) is 7.81. The van der Waals surface area contributed by atoms with Gasteiger partial charge in [-0.05, 0) is 11.4 Å². The van der Waals surface area contributed by atoms with Gasteiger partial charge in [-0.2, -0.15) is 0 Å². The molecule has 1 aromatic rings. The maximum absolute atomic E-state index is 3.71. The molecule has 0 fully saturated rings. The van der Waals surface area contributed by atoms with Crippen LogP contribution in [0.2, 0.25) is 0 Å². The number of rotatable bonds is 5. The van der Waals surface area contributed by atoms with Gasteiger partial charge in [0.15, 0.2) is 0 Å². The summed E-state index contributed by atoms with van der Waals surface area (Å²) in [6.45, 7) is 9.12. The molecule has 0 aromatic carbocycles. The van der Waals surface area contributed by atoms with Crippen LogP contribution in [0.5, 0.6) is 0 Å². The molecule has 0 saturated carbocycles. The van der Waals surface area contributed by atoms with Crippen molar-refractivity contribution in [1.29, 1.82) is 0 Å². The molecule has 63 valence electrons. The van der Waals surface area contributed by atoms with Crippen LogP contribution in [0.15, 0.2) is 36.8 Å². The van der Waals surface area contributed by atoms with Gasteiger partial charge >= 0.3 is 0 Å². The van der Waals surface area contributed by atoms with Crippen LogP contribution in [-0.4, -0.2) is 13.1 Å². The summed E-state index contributed by atoms with van der Waals surface area (Å²) in [6, 6.07) is 5.09. The Balaban J connectivity index is 2.65. The summed E-state index contributed by atoms with van der Waals surface area (Å²) in [5, 5.41) is 3.17. The van der Waals surface area contributed by atoms with Crippen LogP contribution in [-0.2, 0) is 0 Å². The molecule has 2 heteroatoms. The van der Waals surface area contributed by atoms with E-state index in [2.05, 4.69) is 24.1 Å². The van der Waals surface area contributed by atoms with Gasteiger partial charge in [0.25, 0.3) is 0 Å². The SMILES string of the molecule is C=CCN(CC=C)c1[c]ccs1. The van der Waals surface area contributed by atoms with Crippen LogP contribution >= 0.6 is 11.3 Å². The second-order valence-electron chi connectivity index (χ2n) is 2.35. The molecule has 0 N–H and O–H groups in total. The molecule has 1 rings (SSSR count). The number of thiophene rings is 1. The molecule has 0 unspecified atom stereocenters. The third-order valence-electron chi connectivity index (χ3n) is 1.44. The molecule has 0 atom stereocenters. The second-order valence-corrected chi connectivity index (χ2v) is 3.25. The first-order chi connectivity index (χ1) is 5.88. The first-order valence-corrected chi connectivity index (χ1v) is 4.68. The summed E-state index contributed by atoms with van der Waals surface area (Å²) in [5.74, 6) is 0. The van der Waals surface area contributed by atoms with Gasteiger partial charge in [0, 0.05) is 19.2 Å². The Morgan fingerprint density at radius 1 is 1.42 bits per heavy atom. The Labute approximate surface area is 77.6 Å². The highest BCUT2D eigenvalue weighted by atomic mass is 32.1. The van der Waals surface area contributed by atoms with E-state index in [0.29, 0.717) is 0 Å². The summed E-state index contributed by atoms with van der Waals surface area (Å²) in [5.41, 5.74) is 0. The van der Waals surface area contributed by atoms with E-state index in [1.807, 2.05) is 23.6 Å². The highest BCUT2D eigenvalue weighted by Crippen LogP contribution is 2.19. The Morgan fingerprint density at radius 3 is 2.50 bits per heavy atom. The van der Waals surface area contributed by atoms with E-state index in [9.17, 15) is 0 Å². The fraction of sp³-hybridized carbons (Fsp3) is 0.200. The molecule has 12 heavy (non-hydrogen) atoms. The van der Waals surface area contributed by atoms with E-state index >= 15 is 0 Å². The van der Waals surface area contributed by atoms with Crippen molar-refractivity contribution in [3.8, 4) is 0 Å². The van der Waals surface area contributed by atoms with E-state index in [1.54, 1.807) is 11.3 Å². The van der Waals surface area contributed by atoms with E-state index in [-0.39, 0.29) is 0 Å².